The molecule has 3 nitrogen and oxygen atoms in total. The summed E-state index contributed by atoms with van der Waals surface area (Å²) in [4.78, 5) is 17.1. The van der Waals surface area contributed by atoms with Crippen molar-refractivity contribution in [2.45, 2.75) is 12.3 Å². The van der Waals surface area contributed by atoms with Crippen LogP contribution in [0.15, 0.2) is 152 Å². The van der Waals surface area contributed by atoms with Gasteiger partial charge in [-0.25, -0.2) is 15.0 Å². The van der Waals surface area contributed by atoms with Gasteiger partial charge in [0.1, 0.15) is 5.82 Å². The van der Waals surface area contributed by atoms with E-state index in [0.717, 1.165) is 23.4 Å². The molecule has 1 unspecified atom stereocenters. The number of thiophene rings is 1. The lowest BCUT2D eigenvalue weighted by Gasteiger charge is -2.24. The first kappa shape index (κ1) is 28.1. The Labute approximate surface area is 287 Å². The molecular formula is C45H29N3S. The molecule has 7 aromatic carbocycles. The second kappa shape index (κ2) is 11.3. The quantitative estimate of drug-likeness (QED) is 0.192. The van der Waals surface area contributed by atoms with Crippen LogP contribution in [-0.2, 0) is 0 Å². The van der Waals surface area contributed by atoms with Gasteiger partial charge in [-0.2, -0.15) is 0 Å². The molecule has 0 saturated heterocycles. The Morgan fingerprint density at radius 3 is 1.55 bits per heavy atom. The summed E-state index contributed by atoms with van der Waals surface area (Å²) < 4.78 is 1.28. The van der Waals surface area contributed by atoms with Crippen molar-refractivity contribution >= 4 is 65.4 Å². The molecule has 49 heavy (non-hydrogen) atoms. The van der Waals surface area contributed by atoms with Crippen molar-refractivity contribution in [3.05, 3.63) is 173 Å². The van der Waals surface area contributed by atoms with E-state index < -0.39 is 0 Å². The lowest BCUT2D eigenvalue weighted by atomic mass is 9.82. The molecule has 4 heteroatoms. The fraction of sp³-hybridized carbons (Fsp3) is 0.0444. The Balaban J connectivity index is 1.19. The van der Waals surface area contributed by atoms with Crippen LogP contribution in [0.1, 0.15) is 34.2 Å². The van der Waals surface area contributed by atoms with E-state index in [9.17, 15) is 0 Å². The number of fused-ring (bicyclic) bond motifs is 6. The third-order valence-electron chi connectivity index (χ3n) is 9.84. The van der Waals surface area contributed by atoms with Crippen LogP contribution in [0.25, 0.3) is 76.8 Å². The van der Waals surface area contributed by atoms with E-state index in [1.807, 2.05) is 11.3 Å². The zero-order valence-electron chi connectivity index (χ0n) is 26.5. The van der Waals surface area contributed by atoms with E-state index in [0.29, 0.717) is 11.6 Å². The van der Waals surface area contributed by atoms with Gasteiger partial charge in [0.05, 0.1) is 5.92 Å². The van der Waals surface area contributed by atoms with Gasteiger partial charge in [0.2, 0.25) is 0 Å². The predicted molar refractivity (Wildman–Crippen MR) is 206 cm³/mol. The molecule has 230 valence electrons. The van der Waals surface area contributed by atoms with Crippen molar-refractivity contribution in [2.24, 2.45) is 0 Å². The van der Waals surface area contributed by atoms with E-state index in [-0.39, 0.29) is 5.92 Å². The van der Waals surface area contributed by atoms with Crippen molar-refractivity contribution < 1.29 is 0 Å². The molecule has 0 fully saturated rings. The van der Waals surface area contributed by atoms with Crippen LogP contribution in [0.3, 0.4) is 0 Å². The number of aromatic nitrogens is 3. The zero-order valence-corrected chi connectivity index (χ0v) is 27.4. The van der Waals surface area contributed by atoms with Gasteiger partial charge in [0, 0.05) is 20.7 Å². The van der Waals surface area contributed by atoms with Crippen LogP contribution in [0.5, 0.6) is 0 Å². The van der Waals surface area contributed by atoms with Gasteiger partial charge < -0.3 is 0 Å². The molecule has 10 rings (SSSR count). The van der Waals surface area contributed by atoms with Crippen molar-refractivity contribution in [2.75, 3.05) is 0 Å². The monoisotopic (exact) mass is 643 g/mol. The summed E-state index contributed by atoms with van der Waals surface area (Å²) in [6.45, 7) is 0. The minimum atomic E-state index is -0.0426. The standard InChI is InChI=1S/C45H29N3S/c1-4-12-31-23-34(20-17-28(31)9-1)37-26-39(42-38-15-7-8-16-40(38)49-41(42)27-37)45-47-43(35-21-18-29-10-2-5-13-32(29)24-35)46-44(48-45)36-22-19-30-11-3-6-14-33(30)25-36/h1-25,27,39H,26H2. The fourth-order valence-corrected chi connectivity index (χ4v) is 8.60. The first-order chi connectivity index (χ1) is 24.2. The summed E-state index contributed by atoms with van der Waals surface area (Å²) in [5, 5.41) is 8.50. The number of benzene rings is 7. The number of hydrogen-bond acceptors (Lipinski definition) is 4. The van der Waals surface area contributed by atoms with Crippen molar-refractivity contribution in [3.8, 4) is 22.8 Å². The zero-order chi connectivity index (χ0) is 32.3. The minimum Gasteiger partial charge on any atom is -0.212 e. The highest BCUT2D eigenvalue weighted by Gasteiger charge is 2.31. The van der Waals surface area contributed by atoms with Crippen LogP contribution >= 0.6 is 11.3 Å². The summed E-state index contributed by atoms with van der Waals surface area (Å²) in [5.74, 6) is 2.15. The van der Waals surface area contributed by atoms with Crippen molar-refractivity contribution in [1.82, 2.24) is 15.0 Å². The van der Waals surface area contributed by atoms with Crippen LogP contribution in [0, 0.1) is 0 Å². The van der Waals surface area contributed by atoms with Gasteiger partial charge in [0.25, 0.3) is 0 Å². The summed E-state index contributed by atoms with van der Waals surface area (Å²) in [6, 6.07) is 54.1. The first-order valence-corrected chi connectivity index (χ1v) is 17.5. The fourth-order valence-electron chi connectivity index (χ4n) is 7.36. The van der Waals surface area contributed by atoms with Gasteiger partial charge in [0.15, 0.2) is 11.6 Å². The first-order valence-electron chi connectivity index (χ1n) is 16.7. The summed E-state index contributed by atoms with van der Waals surface area (Å²) >= 11 is 1.86. The number of rotatable bonds is 4. The minimum absolute atomic E-state index is 0.0426. The Morgan fingerprint density at radius 2 is 0.959 bits per heavy atom. The van der Waals surface area contributed by atoms with E-state index in [2.05, 4.69) is 158 Å². The summed E-state index contributed by atoms with van der Waals surface area (Å²) in [6.07, 6.45) is 3.20. The van der Waals surface area contributed by atoms with Gasteiger partial charge in [-0.3, -0.25) is 0 Å². The molecule has 0 radical (unpaired) electrons. The second-order valence-electron chi connectivity index (χ2n) is 12.8. The topological polar surface area (TPSA) is 38.7 Å². The maximum Gasteiger partial charge on any atom is 0.163 e. The highest BCUT2D eigenvalue weighted by Crippen LogP contribution is 2.48. The molecule has 1 aliphatic carbocycles. The number of hydrogen-bond donors (Lipinski definition) is 0. The maximum absolute atomic E-state index is 5.34. The smallest absolute Gasteiger partial charge is 0.163 e. The largest absolute Gasteiger partial charge is 0.212 e. The molecule has 0 bridgehead atoms. The van der Waals surface area contributed by atoms with Crippen LogP contribution in [0.4, 0.5) is 0 Å². The highest BCUT2D eigenvalue weighted by atomic mass is 32.1. The van der Waals surface area contributed by atoms with Crippen LogP contribution in [0.2, 0.25) is 0 Å². The Hall–Kier alpha value is -5.97. The third kappa shape index (κ3) is 4.92. The molecule has 0 aliphatic heterocycles. The Morgan fingerprint density at radius 1 is 0.469 bits per heavy atom. The number of nitrogens with zero attached hydrogens (tertiary/aromatic N) is 3. The number of allylic oxidation sites excluding steroid dienone is 1. The SMILES string of the molecule is C1=C(c2ccc3ccccc3c2)CC(c2nc(-c3ccc4ccccc4c3)nc(-c3ccc4ccccc4c3)n2)c2c1sc1ccccc21. The van der Waals surface area contributed by atoms with E-state index >= 15 is 0 Å². The van der Waals surface area contributed by atoms with Gasteiger partial charge in [-0.05, 0) is 91.2 Å². The van der Waals surface area contributed by atoms with Gasteiger partial charge in [-0.1, -0.05) is 127 Å². The molecule has 0 amide bonds. The molecule has 9 aromatic rings. The van der Waals surface area contributed by atoms with Crippen LogP contribution < -0.4 is 0 Å². The summed E-state index contributed by atoms with van der Waals surface area (Å²) in [7, 11) is 0. The molecule has 0 spiro atoms. The molecular weight excluding hydrogens is 615 g/mol. The summed E-state index contributed by atoms with van der Waals surface area (Å²) in [5.41, 5.74) is 5.83. The van der Waals surface area contributed by atoms with Crippen molar-refractivity contribution in [3.63, 3.8) is 0 Å². The van der Waals surface area contributed by atoms with Crippen LogP contribution in [-0.4, -0.2) is 15.0 Å². The van der Waals surface area contributed by atoms with Gasteiger partial charge >= 0.3 is 0 Å². The predicted octanol–water partition coefficient (Wildman–Crippen LogP) is 12.0. The average molecular weight is 644 g/mol. The average Bonchev–Trinajstić information content (AvgIpc) is 3.55. The molecule has 2 aromatic heterocycles. The molecule has 1 atom stereocenters. The Kier molecular flexibility index (Phi) is 6.49. The Bertz CT molecular complexity index is 2680. The van der Waals surface area contributed by atoms with Crippen molar-refractivity contribution in [1.29, 1.82) is 0 Å². The van der Waals surface area contributed by atoms with E-state index in [1.54, 1.807) is 0 Å². The molecule has 0 N–H and O–H groups in total. The third-order valence-corrected chi connectivity index (χ3v) is 11.0. The van der Waals surface area contributed by atoms with Gasteiger partial charge in [-0.15, -0.1) is 11.3 Å². The molecule has 0 saturated carbocycles. The van der Waals surface area contributed by atoms with E-state index in [4.69, 9.17) is 15.0 Å². The lowest BCUT2D eigenvalue weighted by Crippen LogP contribution is -2.13. The lowest BCUT2D eigenvalue weighted by molar-refractivity contribution is 0.757. The maximum atomic E-state index is 5.34. The normalized spacial score (nSPS) is 14.4. The second-order valence-corrected chi connectivity index (χ2v) is 13.9. The van der Waals surface area contributed by atoms with E-state index in [1.165, 1.54) is 64.0 Å². The highest BCUT2D eigenvalue weighted by molar-refractivity contribution is 7.20. The molecule has 2 heterocycles. The molecule has 1 aliphatic rings.